The summed E-state index contributed by atoms with van der Waals surface area (Å²) in [4.78, 5) is 21.0. The molecule has 1 fully saturated rings. The highest BCUT2D eigenvalue weighted by molar-refractivity contribution is 5.94. The van der Waals surface area contributed by atoms with Crippen molar-refractivity contribution in [2.45, 2.75) is 18.9 Å². The molecule has 0 spiro atoms. The highest BCUT2D eigenvalue weighted by Gasteiger charge is 2.24. The van der Waals surface area contributed by atoms with Gasteiger partial charge in [-0.25, -0.2) is 19.0 Å². The van der Waals surface area contributed by atoms with Crippen LogP contribution in [0, 0.1) is 5.82 Å². The number of hydrogen-bond acceptors (Lipinski definition) is 5. The fourth-order valence-corrected chi connectivity index (χ4v) is 3.25. The number of aromatic nitrogens is 4. The van der Waals surface area contributed by atoms with Crippen LogP contribution in [-0.4, -0.2) is 45.3 Å². The first-order valence-electron chi connectivity index (χ1n) is 8.64. The van der Waals surface area contributed by atoms with E-state index in [2.05, 4.69) is 20.6 Å². The monoisotopic (exact) mass is 354 g/mol. The van der Waals surface area contributed by atoms with Crippen molar-refractivity contribution in [3.63, 3.8) is 0 Å². The average molecular weight is 354 g/mol. The van der Waals surface area contributed by atoms with E-state index < -0.39 is 5.82 Å². The van der Waals surface area contributed by atoms with Crippen molar-refractivity contribution in [2.75, 3.05) is 19.6 Å². The minimum Gasteiger partial charge on any atom is -0.350 e. The van der Waals surface area contributed by atoms with Gasteiger partial charge in [-0.3, -0.25) is 4.79 Å². The summed E-state index contributed by atoms with van der Waals surface area (Å²) in [5.41, 5.74) is 2.79. The van der Waals surface area contributed by atoms with E-state index in [1.165, 1.54) is 18.2 Å². The Morgan fingerprint density at radius 3 is 3.04 bits per heavy atom. The Morgan fingerprint density at radius 1 is 1.35 bits per heavy atom. The molecule has 2 N–H and O–H groups in total. The van der Waals surface area contributed by atoms with Gasteiger partial charge in [0, 0.05) is 37.0 Å². The maximum atomic E-state index is 13.2. The van der Waals surface area contributed by atoms with Crippen LogP contribution in [0.1, 0.15) is 28.4 Å². The molecule has 7 nitrogen and oxygen atoms in total. The minimum absolute atomic E-state index is 0.299. The van der Waals surface area contributed by atoms with Gasteiger partial charge in [0.05, 0.1) is 12.2 Å². The molecule has 3 aromatic rings. The molecule has 8 heteroatoms. The topological polar surface area (TPSA) is 84.7 Å². The number of amides is 1. The minimum atomic E-state index is -0.430. The van der Waals surface area contributed by atoms with E-state index >= 15 is 0 Å². The number of benzene rings is 1. The van der Waals surface area contributed by atoms with Gasteiger partial charge < -0.3 is 10.6 Å². The van der Waals surface area contributed by atoms with E-state index in [0.717, 1.165) is 36.4 Å². The third-order valence-corrected chi connectivity index (χ3v) is 4.54. The van der Waals surface area contributed by atoms with Crippen LogP contribution in [-0.2, 0) is 6.54 Å². The number of rotatable bonds is 5. The van der Waals surface area contributed by atoms with Crippen LogP contribution in [0.15, 0.2) is 36.7 Å². The molecule has 4 rings (SSSR count). The fourth-order valence-electron chi connectivity index (χ4n) is 3.25. The van der Waals surface area contributed by atoms with Crippen LogP contribution < -0.4 is 10.6 Å². The largest absolute Gasteiger partial charge is 0.350 e. The van der Waals surface area contributed by atoms with Gasteiger partial charge in [0.15, 0.2) is 5.65 Å². The molecular weight excluding hydrogens is 335 g/mol. The standard InChI is InChI=1S/C18H19FN6O/c19-14-3-1-2-12(10-14)18(26)23-8-9-25-17-16(21-6-7-22-17)15(24-25)13-4-5-20-11-13/h1-3,6-7,10,13,20H,4-5,8-9,11H2,(H,23,26). The van der Waals surface area contributed by atoms with Crippen molar-refractivity contribution in [1.82, 2.24) is 30.4 Å². The predicted molar refractivity (Wildman–Crippen MR) is 94.3 cm³/mol. The van der Waals surface area contributed by atoms with Crippen molar-refractivity contribution in [2.24, 2.45) is 0 Å². The molecule has 1 aliphatic rings. The summed E-state index contributed by atoms with van der Waals surface area (Å²) in [6.45, 7) is 2.70. The Morgan fingerprint density at radius 2 is 2.23 bits per heavy atom. The zero-order chi connectivity index (χ0) is 17.9. The lowest BCUT2D eigenvalue weighted by Gasteiger charge is -2.06. The number of carbonyl (C=O) groups is 1. The van der Waals surface area contributed by atoms with Gasteiger partial charge in [-0.05, 0) is 31.2 Å². The Kier molecular flexibility index (Phi) is 4.57. The van der Waals surface area contributed by atoms with Crippen molar-refractivity contribution in [3.05, 3.63) is 53.7 Å². The molecule has 0 bridgehead atoms. The second-order valence-electron chi connectivity index (χ2n) is 6.29. The van der Waals surface area contributed by atoms with Crippen LogP contribution in [0.2, 0.25) is 0 Å². The van der Waals surface area contributed by atoms with E-state index in [1.807, 2.05) is 0 Å². The molecular formula is C18H19FN6O. The zero-order valence-electron chi connectivity index (χ0n) is 14.2. The fraction of sp³-hybridized carbons (Fsp3) is 0.333. The van der Waals surface area contributed by atoms with Crippen molar-refractivity contribution in [3.8, 4) is 0 Å². The summed E-state index contributed by atoms with van der Waals surface area (Å²) >= 11 is 0. The van der Waals surface area contributed by atoms with Crippen LogP contribution in [0.5, 0.6) is 0 Å². The quantitative estimate of drug-likeness (QED) is 0.725. The molecule has 1 atom stereocenters. The summed E-state index contributed by atoms with van der Waals surface area (Å²) in [7, 11) is 0. The van der Waals surface area contributed by atoms with Gasteiger partial charge >= 0.3 is 0 Å². The summed E-state index contributed by atoms with van der Waals surface area (Å²) in [6.07, 6.45) is 4.34. The van der Waals surface area contributed by atoms with Crippen molar-refractivity contribution >= 4 is 17.1 Å². The lowest BCUT2D eigenvalue weighted by molar-refractivity contribution is 0.0951. The number of nitrogens with zero attached hydrogens (tertiary/aromatic N) is 4. The van der Waals surface area contributed by atoms with Crippen molar-refractivity contribution < 1.29 is 9.18 Å². The van der Waals surface area contributed by atoms with Crippen LogP contribution in [0.25, 0.3) is 11.2 Å². The molecule has 2 aromatic heterocycles. The molecule has 1 aliphatic heterocycles. The summed E-state index contributed by atoms with van der Waals surface area (Å²) in [5.74, 6) is -0.412. The number of halogens is 1. The first kappa shape index (κ1) is 16.6. The van der Waals surface area contributed by atoms with Gasteiger partial charge in [0.2, 0.25) is 0 Å². The van der Waals surface area contributed by atoms with E-state index in [1.54, 1.807) is 23.1 Å². The number of nitrogens with one attached hydrogen (secondary N) is 2. The van der Waals surface area contributed by atoms with Crippen LogP contribution in [0.3, 0.4) is 0 Å². The van der Waals surface area contributed by atoms with E-state index in [-0.39, 0.29) is 5.91 Å². The lowest BCUT2D eigenvalue weighted by atomic mass is 10.0. The summed E-state index contributed by atoms with van der Waals surface area (Å²) < 4.78 is 15.0. The molecule has 0 radical (unpaired) electrons. The maximum absolute atomic E-state index is 13.2. The van der Waals surface area contributed by atoms with E-state index in [9.17, 15) is 9.18 Å². The Bertz CT molecular complexity index is 934. The smallest absolute Gasteiger partial charge is 0.251 e. The highest BCUT2D eigenvalue weighted by Crippen LogP contribution is 2.26. The van der Waals surface area contributed by atoms with Gasteiger partial charge in [-0.15, -0.1) is 0 Å². The highest BCUT2D eigenvalue weighted by atomic mass is 19.1. The molecule has 3 heterocycles. The first-order chi connectivity index (χ1) is 12.7. The second kappa shape index (κ2) is 7.17. The van der Waals surface area contributed by atoms with Crippen molar-refractivity contribution in [1.29, 1.82) is 0 Å². The number of hydrogen-bond donors (Lipinski definition) is 2. The third-order valence-electron chi connectivity index (χ3n) is 4.54. The molecule has 1 aromatic carbocycles. The van der Waals surface area contributed by atoms with Gasteiger partial charge in [0.1, 0.15) is 11.3 Å². The molecule has 1 amide bonds. The number of carbonyl (C=O) groups excluding carboxylic acids is 1. The summed E-state index contributed by atoms with van der Waals surface area (Å²) in [5, 5.41) is 10.8. The predicted octanol–water partition coefficient (Wildman–Crippen LogP) is 1.47. The van der Waals surface area contributed by atoms with E-state index in [0.29, 0.717) is 24.6 Å². The first-order valence-corrected chi connectivity index (χ1v) is 8.64. The van der Waals surface area contributed by atoms with Crippen LogP contribution in [0.4, 0.5) is 4.39 Å². The van der Waals surface area contributed by atoms with Gasteiger partial charge in [0.25, 0.3) is 5.91 Å². The Balaban J connectivity index is 1.48. The number of fused-ring (bicyclic) bond motifs is 1. The van der Waals surface area contributed by atoms with Gasteiger partial charge in [-0.2, -0.15) is 5.10 Å². The SMILES string of the molecule is O=C(NCCn1nc(C2CCNC2)c2nccnc21)c1cccc(F)c1. The maximum Gasteiger partial charge on any atom is 0.251 e. The zero-order valence-corrected chi connectivity index (χ0v) is 14.2. The van der Waals surface area contributed by atoms with Crippen LogP contribution >= 0.6 is 0 Å². The molecule has 0 aliphatic carbocycles. The Hall–Kier alpha value is -2.87. The van der Waals surface area contributed by atoms with E-state index in [4.69, 9.17) is 5.10 Å². The molecule has 1 saturated heterocycles. The summed E-state index contributed by atoms with van der Waals surface area (Å²) in [6, 6.07) is 5.63. The average Bonchev–Trinajstić information content (AvgIpc) is 3.30. The molecule has 26 heavy (non-hydrogen) atoms. The Labute approximate surface area is 149 Å². The molecule has 1 unspecified atom stereocenters. The normalized spacial score (nSPS) is 16.9. The third kappa shape index (κ3) is 3.28. The second-order valence-corrected chi connectivity index (χ2v) is 6.29. The lowest BCUT2D eigenvalue weighted by Crippen LogP contribution is -2.27. The van der Waals surface area contributed by atoms with Gasteiger partial charge in [-0.1, -0.05) is 6.07 Å². The molecule has 134 valence electrons. The molecule has 0 saturated carbocycles.